The highest BCUT2D eigenvalue weighted by Crippen LogP contribution is 2.32. The van der Waals surface area contributed by atoms with Gasteiger partial charge in [0.2, 0.25) is 5.91 Å². The third-order valence-corrected chi connectivity index (χ3v) is 5.09. The Balaban J connectivity index is 1.50. The van der Waals surface area contributed by atoms with Gasteiger partial charge in [0.1, 0.15) is 13.2 Å². The number of ether oxygens (including phenoxy) is 2. The number of benzene rings is 1. The van der Waals surface area contributed by atoms with E-state index < -0.39 is 16.1 Å². The summed E-state index contributed by atoms with van der Waals surface area (Å²) in [4.78, 5) is 11.9. The Morgan fingerprint density at radius 3 is 2.58 bits per heavy atom. The molecule has 1 heterocycles. The van der Waals surface area contributed by atoms with Crippen molar-refractivity contribution in [2.24, 2.45) is 0 Å². The van der Waals surface area contributed by atoms with Crippen LogP contribution in [0.1, 0.15) is 25.7 Å². The lowest BCUT2D eigenvalue weighted by molar-refractivity contribution is -0.115. The maximum absolute atomic E-state index is 11.9. The van der Waals surface area contributed by atoms with Crippen molar-refractivity contribution in [1.29, 1.82) is 0 Å². The number of hydrogen-bond donors (Lipinski definition) is 3. The number of anilines is 1. The molecule has 0 spiro atoms. The Bertz CT molecular complexity index is 701. The van der Waals surface area contributed by atoms with Crippen molar-refractivity contribution < 1.29 is 22.7 Å². The zero-order chi connectivity index (χ0) is 17.0. The summed E-state index contributed by atoms with van der Waals surface area (Å²) in [6, 6.07) is 4.99. The van der Waals surface area contributed by atoms with Crippen LogP contribution in [0, 0.1) is 0 Å². The number of amides is 1. The largest absolute Gasteiger partial charge is 0.486 e. The molecule has 1 aliphatic heterocycles. The summed E-state index contributed by atoms with van der Waals surface area (Å²) in [5.41, 5.74) is 0.521. The van der Waals surface area contributed by atoms with E-state index in [0.29, 0.717) is 30.4 Å². The molecule has 1 aliphatic carbocycles. The minimum absolute atomic E-state index is 0.0386. The Hall–Kier alpha value is -1.84. The summed E-state index contributed by atoms with van der Waals surface area (Å²) in [6.07, 6.45) is 3.73. The van der Waals surface area contributed by atoms with Crippen LogP contribution in [0.15, 0.2) is 18.2 Å². The van der Waals surface area contributed by atoms with Crippen LogP contribution in [0.5, 0.6) is 11.5 Å². The minimum atomic E-state index is -3.67. The predicted molar refractivity (Wildman–Crippen MR) is 88.4 cm³/mol. The maximum atomic E-state index is 11.9. The molecule has 9 heteroatoms. The maximum Gasteiger partial charge on any atom is 0.277 e. The van der Waals surface area contributed by atoms with E-state index in [1.807, 2.05) is 0 Å². The van der Waals surface area contributed by atoms with E-state index in [2.05, 4.69) is 14.8 Å². The summed E-state index contributed by atoms with van der Waals surface area (Å²) in [5.74, 6) is 0.728. The standard InChI is InChI=1S/C15H21N3O5S/c19-15(10-16-24(20,21)18-11-3-1-2-4-11)17-12-5-6-13-14(9-12)23-8-7-22-13/h5-6,9,11,16,18H,1-4,7-8,10H2,(H,17,19). The Morgan fingerprint density at radius 2 is 1.83 bits per heavy atom. The van der Waals surface area contributed by atoms with E-state index in [1.54, 1.807) is 18.2 Å². The second-order valence-electron chi connectivity index (χ2n) is 5.83. The van der Waals surface area contributed by atoms with Gasteiger partial charge in [-0.05, 0) is 25.0 Å². The Labute approximate surface area is 141 Å². The molecule has 8 nitrogen and oxygen atoms in total. The van der Waals surface area contributed by atoms with Crippen molar-refractivity contribution in [3.05, 3.63) is 18.2 Å². The third kappa shape index (κ3) is 4.59. The second kappa shape index (κ2) is 7.37. The van der Waals surface area contributed by atoms with Gasteiger partial charge >= 0.3 is 0 Å². The van der Waals surface area contributed by atoms with Gasteiger partial charge in [0.25, 0.3) is 10.2 Å². The summed E-state index contributed by atoms with van der Waals surface area (Å²) in [7, 11) is -3.67. The molecule has 3 rings (SSSR count). The Morgan fingerprint density at radius 1 is 1.12 bits per heavy atom. The fourth-order valence-electron chi connectivity index (χ4n) is 2.79. The number of hydrogen-bond acceptors (Lipinski definition) is 5. The molecule has 2 aliphatic rings. The first kappa shape index (κ1) is 17.0. The highest BCUT2D eigenvalue weighted by atomic mass is 32.2. The zero-order valence-electron chi connectivity index (χ0n) is 13.2. The summed E-state index contributed by atoms with van der Waals surface area (Å²) >= 11 is 0. The molecule has 1 aromatic carbocycles. The molecule has 24 heavy (non-hydrogen) atoms. The van der Waals surface area contributed by atoms with E-state index in [1.165, 1.54) is 0 Å². The van der Waals surface area contributed by atoms with Crippen LogP contribution in [-0.2, 0) is 15.0 Å². The predicted octanol–water partition coefficient (Wildman–Crippen LogP) is 0.763. The molecular weight excluding hydrogens is 334 g/mol. The highest BCUT2D eigenvalue weighted by Gasteiger charge is 2.21. The molecule has 0 atom stereocenters. The van der Waals surface area contributed by atoms with Crippen LogP contribution >= 0.6 is 0 Å². The van der Waals surface area contributed by atoms with Gasteiger partial charge in [-0.2, -0.15) is 17.9 Å². The van der Waals surface area contributed by atoms with E-state index in [9.17, 15) is 13.2 Å². The molecule has 0 saturated heterocycles. The molecule has 132 valence electrons. The molecule has 0 bridgehead atoms. The lowest BCUT2D eigenvalue weighted by atomic mass is 10.2. The first-order valence-corrected chi connectivity index (χ1v) is 9.46. The number of rotatable bonds is 6. The number of nitrogens with one attached hydrogen (secondary N) is 3. The van der Waals surface area contributed by atoms with Gasteiger partial charge < -0.3 is 14.8 Å². The number of carbonyl (C=O) groups is 1. The van der Waals surface area contributed by atoms with Crippen LogP contribution in [0.2, 0.25) is 0 Å². The van der Waals surface area contributed by atoms with Crippen LogP contribution in [0.25, 0.3) is 0 Å². The number of fused-ring (bicyclic) bond motifs is 1. The molecule has 1 amide bonds. The van der Waals surface area contributed by atoms with Crippen LogP contribution in [0.3, 0.4) is 0 Å². The number of carbonyl (C=O) groups excluding carboxylic acids is 1. The zero-order valence-corrected chi connectivity index (χ0v) is 14.0. The molecule has 0 radical (unpaired) electrons. The SMILES string of the molecule is O=C(CNS(=O)(=O)NC1CCCC1)Nc1ccc2c(c1)OCCO2. The normalized spacial score (nSPS) is 17.7. The van der Waals surface area contributed by atoms with Crippen LogP contribution in [-0.4, -0.2) is 40.1 Å². The van der Waals surface area contributed by atoms with Crippen molar-refractivity contribution >= 4 is 21.8 Å². The summed E-state index contributed by atoms with van der Waals surface area (Å²) < 4.78 is 39.5. The average Bonchev–Trinajstić information content (AvgIpc) is 3.05. The summed E-state index contributed by atoms with van der Waals surface area (Å²) in [5, 5.41) is 2.63. The van der Waals surface area contributed by atoms with Crippen molar-refractivity contribution in [2.75, 3.05) is 25.1 Å². The first-order chi connectivity index (χ1) is 11.5. The fraction of sp³-hybridized carbons (Fsp3) is 0.533. The van der Waals surface area contributed by atoms with Crippen LogP contribution in [0.4, 0.5) is 5.69 Å². The lowest BCUT2D eigenvalue weighted by Crippen LogP contribution is -2.44. The highest BCUT2D eigenvalue weighted by molar-refractivity contribution is 7.87. The average molecular weight is 355 g/mol. The molecule has 0 aromatic heterocycles. The molecular formula is C15H21N3O5S. The molecule has 0 unspecified atom stereocenters. The third-order valence-electron chi connectivity index (χ3n) is 3.93. The van der Waals surface area contributed by atoms with Gasteiger partial charge in [0.15, 0.2) is 11.5 Å². The fourth-order valence-corrected chi connectivity index (χ4v) is 3.87. The minimum Gasteiger partial charge on any atom is -0.486 e. The van der Waals surface area contributed by atoms with Gasteiger partial charge in [-0.3, -0.25) is 4.79 Å². The molecule has 1 saturated carbocycles. The van der Waals surface area contributed by atoms with Crippen molar-refractivity contribution in [1.82, 2.24) is 9.44 Å². The van der Waals surface area contributed by atoms with E-state index in [4.69, 9.17) is 9.47 Å². The van der Waals surface area contributed by atoms with Gasteiger partial charge in [-0.1, -0.05) is 12.8 Å². The lowest BCUT2D eigenvalue weighted by Gasteiger charge is -2.19. The smallest absolute Gasteiger partial charge is 0.277 e. The molecule has 1 fully saturated rings. The molecule has 1 aromatic rings. The monoisotopic (exact) mass is 355 g/mol. The second-order valence-corrected chi connectivity index (χ2v) is 7.36. The quantitative estimate of drug-likeness (QED) is 0.699. The van der Waals surface area contributed by atoms with Gasteiger partial charge in [-0.15, -0.1) is 0 Å². The van der Waals surface area contributed by atoms with Gasteiger partial charge in [0.05, 0.1) is 6.54 Å². The summed E-state index contributed by atoms with van der Waals surface area (Å²) in [6.45, 7) is 0.613. The van der Waals surface area contributed by atoms with Crippen molar-refractivity contribution in [3.63, 3.8) is 0 Å². The Kier molecular flexibility index (Phi) is 5.22. The van der Waals surface area contributed by atoms with Gasteiger partial charge in [0, 0.05) is 17.8 Å². The van der Waals surface area contributed by atoms with E-state index in [0.717, 1.165) is 25.7 Å². The van der Waals surface area contributed by atoms with Crippen LogP contribution < -0.4 is 24.2 Å². The van der Waals surface area contributed by atoms with Crippen molar-refractivity contribution in [3.8, 4) is 11.5 Å². The van der Waals surface area contributed by atoms with Crippen molar-refractivity contribution in [2.45, 2.75) is 31.7 Å². The van der Waals surface area contributed by atoms with Gasteiger partial charge in [-0.25, -0.2) is 0 Å². The van der Waals surface area contributed by atoms with E-state index in [-0.39, 0.29) is 12.6 Å². The first-order valence-electron chi connectivity index (χ1n) is 7.98. The molecule has 3 N–H and O–H groups in total. The van der Waals surface area contributed by atoms with E-state index >= 15 is 0 Å². The topological polar surface area (TPSA) is 106 Å².